The van der Waals surface area contributed by atoms with Crippen LogP contribution in [0.5, 0.6) is 0 Å². The molecule has 0 unspecified atom stereocenters. The maximum atomic E-state index is 5.75. The largest absolute Gasteiger partial charge is 0.0901 e. The number of benzene rings is 2. The minimum absolute atomic E-state index is 1.10. The second-order valence-corrected chi connectivity index (χ2v) is 3.89. The van der Waals surface area contributed by atoms with Crippen LogP contribution < -0.4 is 0 Å². The van der Waals surface area contributed by atoms with Gasteiger partial charge in [0.2, 0.25) is 0 Å². The molecule has 0 aliphatic heterocycles. The molecule has 2 aromatic carbocycles. The van der Waals surface area contributed by atoms with Gasteiger partial charge in [0.15, 0.2) is 0 Å². The van der Waals surface area contributed by atoms with Crippen molar-refractivity contribution < 1.29 is 1.37 Å². The van der Waals surface area contributed by atoms with E-state index in [-0.39, 0.29) is 0 Å². The Balaban J connectivity index is 0.000000371. The zero-order valence-corrected chi connectivity index (χ0v) is 12.6. The Hall–Kier alpha value is -0.830. The van der Waals surface area contributed by atoms with Crippen molar-refractivity contribution in [3.05, 3.63) is 70.8 Å². The van der Waals surface area contributed by atoms with Crippen molar-refractivity contribution in [3.8, 4) is 0 Å². The normalized spacial score (nSPS) is 11.6. The minimum atomic E-state index is 1.10. The van der Waals surface area contributed by atoms with Gasteiger partial charge >= 0.3 is 0 Å². The molecule has 0 atom stereocenters. The highest BCUT2D eigenvalue weighted by Crippen LogP contribution is 2.26. The lowest BCUT2D eigenvalue weighted by Crippen LogP contribution is -2.06. The Bertz CT molecular complexity index is 393. The Morgan fingerprint density at radius 3 is 1.24 bits per heavy atom. The van der Waals surface area contributed by atoms with E-state index in [1.54, 1.807) is 0 Å². The summed E-state index contributed by atoms with van der Waals surface area (Å²) in [5.41, 5.74) is 5.97. The van der Waals surface area contributed by atoms with E-state index in [0.717, 1.165) is 12.8 Å². The summed E-state index contributed by atoms with van der Waals surface area (Å²) in [6.07, 6.45) is 2.21. The van der Waals surface area contributed by atoms with Crippen molar-refractivity contribution in [2.75, 3.05) is 4.93 Å². The van der Waals surface area contributed by atoms with Crippen molar-refractivity contribution in [2.24, 2.45) is 0 Å². The van der Waals surface area contributed by atoms with Gasteiger partial charge in [0, 0.05) is 1.37 Å². The molecule has 0 aromatic heterocycles. The highest BCUT2D eigenvalue weighted by atomic mass is 127. The maximum Gasteiger partial charge on any atom is 0.0194 e. The van der Waals surface area contributed by atoms with Gasteiger partial charge in [-0.25, -0.2) is 0 Å². The minimum Gasteiger partial charge on any atom is -0.0901 e. The fourth-order valence-electron chi connectivity index (χ4n) is 2.22. The first-order valence-electron chi connectivity index (χ1n) is 6.45. The summed E-state index contributed by atoms with van der Waals surface area (Å²) in [6.45, 7) is 0. The monoisotopic (exact) mass is 339 g/mol. The van der Waals surface area contributed by atoms with Gasteiger partial charge in [0.1, 0.15) is 0 Å². The molecule has 0 bridgehead atoms. The fraction of sp³-hybridized carbons (Fsp3) is 0.250. The van der Waals surface area contributed by atoms with Gasteiger partial charge in [-0.05, 0) is 40.0 Å². The molecule has 0 saturated carbocycles. The van der Waals surface area contributed by atoms with Gasteiger partial charge in [-0.15, -0.1) is 0 Å². The lowest BCUT2D eigenvalue weighted by Gasteiger charge is -2.18. The van der Waals surface area contributed by atoms with Crippen molar-refractivity contribution in [1.29, 1.82) is 0 Å². The molecule has 0 radical (unpaired) electrons. The zero-order valence-electron chi connectivity index (χ0n) is 11.4. The average molecular weight is 339 g/mol. The summed E-state index contributed by atoms with van der Waals surface area (Å²) in [7, 11) is 1.25. The maximum absolute atomic E-state index is 5.75. The molecule has 1 aliphatic rings. The number of rotatable bonds is 0. The number of alkyl halides is 1. The van der Waals surface area contributed by atoms with Crippen LogP contribution in [0.2, 0.25) is 0 Å². The Kier molecular flexibility index (Phi) is 5.05. The highest BCUT2D eigenvalue weighted by molar-refractivity contribution is 14.1. The molecule has 17 heavy (non-hydrogen) atoms. The van der Waals surface area contributed by atoms with Crippen LogP contribution in [-0.4, -0.2) is 4.93 Å². The van der Waals surface area contributed by atoms with E-state index in [2.05, 4.69) is 71.1 Å². The lowest BCUT2D eigenvalue weighted by molar-refractivity contribution is 1.00. The molecule has 3 rings (SSSR count). The smallest absolute Gasteiger partial charge is 0.0194 e. The number of fused-ring (bicyclic) bond motifs is 2. The fourth-order valence-corrected chi connectivity index (χ4v) is 2.22. The molecule has 1 heteroatoms. The highest BCUT2D eigenvalue weighted by Gasteiger charge is 2.12. The molecule has 0 nitrogen and oxygen atoms in total. The SMILES string of the molecule is CI.[2H]C.c1ccc2c(c1)Cc1ccccc1C2. The molecule has 0 amide bonds. The number of hydrogen-bond acceptors (Lipinski definition) is 0. The van der Waals surface area contributed by atoms with E-state index < -0.39 is 0 Å². The van der Waals surface area contributed by atoms with Gasteiger partial charge < -0.3 is 0 Å². The molecule has 0 fully saturated rings. The van der Waals surface area contributed by atoms with Crippen LogP contribution in [0.3, 0.4) is 0 Å². The van der Waals surface area contributed by atoms with Gasteiger partial charge in [-0.2, -0.15) is 0 Å². The summed E-state index contributed by atoms with van der Waals surface area (Å²) in [4.78, 5) is 1.97. The zero-order chi connectivity index (χ0) is 13.4. The van der Waals surface area contributed by atoms with Crippen LogP contribution in [0, 0.1) is 0 Å². The van der Waals surface area contributed by atoms with E-state index in [9.17, 15) is 0 Å². The standard InChI is InChI=1S/C14H12.CH3I.CH4/c1-2-6-12-10-14-8-4-3-7-13(14)9-11(12)5-1;1-2;/h1-8H,9-10H2;1H3;1H4/i;;1D. The number of halogens is 1. The van der Waals surface area contributed by atoms with Crippen LogP contribution in [0.4, 0.5) is 0 Å². The van der Waals surface area contributed by atoms with E-state index >= 15 is 0 Å². The summed E-state index contributed by atoms with van der Waals surface area (Å²) < 4.78 is 5.75. The molecule has 2 aromatic rings. The predicted molar refractivity (Wildman–Crippen MR) is 85.2 cm³/mol. The quantitative estimate of drug-likeness (QED) is 0.405. The van der Waals surface area contributed by atoms with Gasteiger partial charge in [-0.3, -0.25) is 0 Å². The summed E-state index contributed by atoms with van der Waals surface area (Å²) >= 11 is 2.15. The molecule has 0 N–H and O–H groups in total. The second kappa shape index (κ2) is 6.80. The average Bonchev–Trinajstić information content (AvgIpc) is 2.49. The topological polar surface area (TPSA) is 0 Å². The summed E-state index contributed by atoms with van der Waals surface area (Å²) in [5, 5.41) is 0. The predicted octanol–water partition coefficient (Wildman–Crippen LogP) is 4.87. The van der Waals surface area contributed by atoms with Crippen molar-refractivity contribution in [3.63, 3.8) is 0 Å². The van der Waals surface area contributed by atoms with Gasteiger partial charge in [0.25, 0.3) is 0 Å². The van der Waals surface area contributed by atoms with E-state index in [0.29, 0.717) is 0 Å². The van der Waals surface area contributed by atoms with E-state index in [1.807, 2.05) is 4.93 Å². The summed E-state index contributed by atoms with van der Waals surface area (Å²) in [5.74, 6) is 0. The lowest BCUT2D eigenvalue weighted by atomic mass is 9.86. The number of hydrogen-bond donors (Lipinski definition) is 0. The molecule has 1 aliphatic carbocycles. The summed E-state index contributed by atoms with van der Waals surface area (Å²) in [6, 6.07) is 17.5. The third-order valence-electron chi connectivity index (χ3n) is 3.00. The van der Waals surface area contributed by atoms with Crippen LogP contribution in [0.15, 0.2) is 48.5 Å². The molecule has 0 saturated heterocycles. The first kappa shape index (κ1) is 12.6. The van der Waals surface area contributed by atoms with E-state index in [4.69, 9.17) is 1.37 Å². The van der Waals surface area contributed by atoms with Crippen LogP contribution >= 0.6 is 22.6 Å². The first-order chi connectivity index (χ1) is 8.93. The molecular weight excluding hydrogens is 319 g/mol. The van der Waals surface area contributed by atoms with Crippen LogP contribution in [0.25, 0.3) is 0 Å². The Labute approximate surface area is 120 Å². The van der Waals surface area contributed by atoms with Gasteiger partial charge in [-0.1, -0.05) is 78.5 Å². The van der Waals surface area contributed by atoms with Crippen LogP contribution in [0.1, 0.15) is 31.0 Å². The van der Waals surface area contributed by atoms with Crippen molar-refractivity contribution in [1.82, 2.24) is 0 Å². The molecule has 90 valence electrons. The van der Waals surface area contributed by atoms with Crippen molar-refractivity contribution >= 4 is 22.6 Å². The van der Waals surface area contributed by atoms with Gasteiger partial charge in [0.05, 0.1) is 0 Å². The molecular formula is C16H19I. The van der Waals surface area contributed by atoms with Crippen molar-refractivity contribution in [2.45, 2.75) is 20.2 Å². The van der Waals surface area contributed by atoms with Crippen LogP contribution in [-0.2, 0) is 12.8 Å². The molecule has 0 spiro atoms. The second-order valence-electron chi connectivity index (χ2n) is 3.89. The van der Waals surface area contributed by atoms with E-state index in [1.165, 1.54) is 29.7 Å². The third kappa shape index (κ3) is 3.09. The molecule has 0 heterocycles. The first-order valence-corrected chi connectivity index (χ1v) is 7.60. The third-order valence-corrected chi connectivity index (χ3v) is 3.00. The Morgan fingerprint density at radius 2 is 1.00 bits per heavy atom. The Morgan fingerprint density at radius 1 is 0.765 bits per heavy atom.